The van der Waals surface area contributed by atoms with E-state index in [2.05, 4.69) is 0 Å². The van der Waals surface area contributed by atoms with Crippen LogP contribution in [0.2, 0.25) is 0 Å². The zero-order valence-corrected chi connectivity index (χ0v) is 7.35. The number of ether oxygens (including phenoxy) is 2. The van der Waals surface area contributed by atoms with Gasteiger partial charge in [0, 0.05) is 0 Å². The van der Waals surface area contributed by atoms with Crippen LogP contribution in [0.3, 0.4) is 0 Å². The second-order valence-electron chi connectivity index (χ2n) is 2.43. The summed E-state index contributed by atoms with van der Waals surface area (Å²) in [5.41, 5.74) is 0.857. The van der Waals surface area contributed by atoms with E-state index in [4.69, 9.17) is 9.47 Å². The third-order valence-electron chi connectivity index (χ3n) is 1.67. The lowest BCUT2D eigenvalue weighted by molar-refractivity contribution is 0.335. The zero-order valence-electron chi connectivity index (χ0n) is 7.35. The fraction of sp³-hybridized carbons (Fsp3) is 0.333. The van der Waals surface area contributed by atoms with Crippen LogP contribution in [-0.4, -0.2) is 14.2 Å². The third kappa shape index (κ3) is 1.35. The Kier molecular flexibility index (Phi) is 2.53. The molecule has 0 aliphatic heterocycles. The number of methoxy groups -OCH3 is 2. The standard InChI is InChI=1S/C9H11FO2/c1-6-4-5-7(10)9(12-3)8(6)11-2/h4-5H,1-3H3. The molecule has 0 saturated carbocycles. The summed E-state index contributed by atoms with van der Waals surface area (Å²) in [5, 5.41) is 0. The van der Waals surface area contributed by atoms with Crippen molar-refractivity contribution in [3.8, 4) is 11.5 Å². The fourth-order valence-electron chi connectivity index (χ4n) is 1.08. The SMILES string of the molecule is COc1c(C)ccc(F)c1OC. The summed E-state index contributed by atoms with van der Waals surface area (Å²) in [7, 11) is 2.91. The van der Waals surface area contributed by atoms with Crippen molar-refractivity contribution >= 4 is 0 Å². The summed E-state index contributed by atoms with van der Waals surface area (Å²) in [4.78, 5) is 0. The van der Waals surface area contributed by atoms with Gasteiger partial charge in [0.05, 0.1) is 14.2 Å². The lowest BCUT2D eigenvalue weighted by Gasteiger charge is -2.10. The van der Waals surface area contributed by atoms with E-state index in [9.17, 15) is 4.39 Å². The van der Waals surface area contributed by atoms with Gasteiger partial charge >= 0.3 is 0 Å². The molecule has 0 amide bonds. The Hall–Kier alpha value is -1.25. The Morgan fingerprint density at radius 3 is 2.08 bits per heavy atom. The molecule has 0 saturated heterocycles. The van der Waals surface area contributed by atoms with Crippen LogP contribution in [0.25, 0.3) is 0 Å². The van der Waals surface area contributed by atoms with Gasteiger partial charge in [0.2, 0.25) is 0 Å². The maximum Gasteiger partial charge on any atom is 0.197 e. The van der Waals surface area contributed by atoms with Crippen molar-refractivity contribution in [3.05, 3.63) is 23.5 Å². The van der Waals surface area contributed by atoms with Crippen LogP contribution in [0, 0.1) is 12.7 Å². The minimum Gasteiger partial charge on any atom is -0.492 e. The quantitative estimate of drug-likeness (QED) is 0.677. The summed E-state index contributed by atoms with van der Waals surface area (Å²) >= 11 is 0. The Morgan fingerprint density at radius 2 is 1.67 bits per heavy atom. The molecule has 0 aliphatic rings. The smallest absolute Gasteiger partial charge is 0.197 e. The van der Waals surface area contributed by atoms with Crippen molar-refractivity contribution in [3.63, 3.8) is 0 Å². The summed E-state index contributed by atoms with van der Waals surface area (Å²) in [6, 6.07) is 3.01. The first-order chi connectivity index (χ1) is 5.70. The van der Waals surface area contributed by atoms with E-state index in [0.29, 0.717) is 5.75 Å². The van der Waals surface area contributed by atoms with Gasteiger partial charge < -0.3 is 9.47 Å². The van der Waals surface area contributed by atoms with Crippen LogP contribution in [0.5, 0.6) is 11.5 Å². The van der Waals surface area contributed by atoms with E-state index < -0.39 is 5.82 Å². The largest absolute Gasteiger partial charge is 0.492 e. The van der Waals surface area contributed by atoms with Crippen LogP contribution in [-0.2, 0) is 0 Å². The van der Waals surface area contributed by atoms with Crippen molar-refractivity contribution in [2.24, 2.45) is 0 Å². The van der Waals surface area contributed by atoms with Crippen LogP contribution >= 0.6 is 0 Å². The highest BCUT2D eigenvalue weighted by atomic mass is 19.1. The monoisotopic (exact) mass is 170 g/mol. The normalized spacial score (nSPS) is 9.67. The first kappa shape index (κ1) is 8.84. The molecule has 0 fully saturated rings. The molecule has 0 aliphatic carbocycles. The number of halogens is 1. The number of hydrogen-bond acceptors (Lipinski definition) is 2. The van der Waals surface area contributed by atoms with E-state index in [1.807, 2.05) is 6.92 Å². The lowest BCUT2D eigenvalue weighted by Crippen LogP contribution is -1.95. The molecular weight excluding hydrogens is 159 g/mol. The molecule has 1 aromatic carbocycles. The van der Waals surface area contributed by atoms with Crippen molar-refractivity contribution in [2.45, 2.75) is 6.92 Å². The van der Waals surface area contributed by atoms with E-state index in [1.54, 1.807) is 6.07 Å². The second kappa shape index (κ2) is 3.43. The highest BCUT2D eigenvalue weighted by Crippen LogP contribution is 2.32. The van der Waals surface area contributed by atoms with Crippen LogP contribution in [0.15, 0.2) is 12.1 Å². The number of aryl methyl sites for hydroxylation is 1. The zero-order chi connectivity index (χ0) is 9.14. The molecule has 12 heavy (non-hydrogen) atoms. The summed E-state index contributed by atoms with van der Waals surface area (Å²) in [5.74, 6) is 0.218. The Morgan fingerprint density at radius 1 is 1.08 bits per heavy atom. The van der Waals surface area contributed by atoms with Crippen LogP contribution in [0.4, 0.5) is 4.39 Å². The average molecular weight is 170 g/mol. The molecule has 0 aromatic heterocycles. The Bertz CT molecular complexity index is 255. The number of rotatable bonds is 2. The van der Waals surface area contributed by atoms with E-state index >= 15 is 0 Å². The molecule has 0 unspecified atom stereocenters. The Labute approximate surface area is 70.9 Å². The van der Waals surface area contributed by atoms with Gasteiger partial charge in [-0.1, -0.05) is 6.07 Å². The molecule has 0 N–H and O–H groups in total. The van der Waals surface area contributed by atoms with Crippen molar-refractivity contribution in [1.29, 1.82) is 0 Å². The Balaban J connectivity index is 3.28. The molecule has 0 spiro atoms. The highest BCUT2D eigenvalue weighted by molar-refractivity contribution is 5.46. The van der Waals surface area contributed by atoms with Gasteiger partial charge in [-0.15, -0.1) is 0 Å². The van der Waals surface area contributed by atoms with E-state index in [-0.39, 0.29) is 5.75 Å². The number of hydrogen-bond donors (Lipinski definition) is 0. The fourth-order valence-corrected chi connectivity index (χ4v) is 1.08. The molecule has 0 radical (unpaired) electrons. The summed E-state index contributed by atoms with van der Waals surface area (Å²) in [6.07, 6.45) is 0. The molecule has 66 valence electrons. The van der Waals surface area contributed by atoms with Gasteiger partial charge in [-0.2, -0.15) is 0 Å². The molecule has 0 bridgehead atoms. The highest BCUT2D eigenvalue weighted by Gasteiger charge is 2.11. The molecule has 0 atom stereocenters. The van der Waals surface area contributed by atoms with E-state index in [0.717, 1.165) is 5.56 Å². The van der Waals surface area contributed by atoms with Crippen molar-refractivity contribution in [1.82, 2.24) is 0 Å². The van der Waals surface area contributed by atoms with Gasteiger partial charge in [0.1, 0.15) is 0 Å². The van der Waals surface area contributed by atoms with Gasteiger partial charge in [-0.25, -0.2) is 4.39 Å². The van der Waals surface area contributed by atoms with Gasteiger partial charge in [0.15, 0.2) is 17.3 Å². The van der Waals surface area contributed by atoms with Crippen LogP contribution < -0.4 is 9.47 Å². The third-order valence-corrected chi connectivity index (χ3v) is 1.67. The first-order valence-electron chi connectivity index (χ1n) is 3.57. The molecule has 0 heterocycles. The lowest BCUT2D eigenvalue weighted by atomic mass is 10.2. The molecule has 1 rings (SSSR count). The molecule has 1 aromatic rings. The minimum atomic E-state index is -0.403. The first-order valence-corrected chi connectivity index (χ1v) is 3.57. The predicted octanol–water partition coefficient (Wildman–Crippen LogP) is 2.15. The number of benzene rings is 1. The predicted molar refractivity (Wildman–Crippen MR) is 44.2 cm³/mol. The van der Waals surface area contributed by atoms with Crippen LogP contribution in [0.1, 0.15) is 5.56 Å². The maximum absolute atomic E-state index is 13.0. The van der Waals surface area contributed by atoms with Gasteiger partial charge in [-0.3, -0.25) is 0 Å². The minimum absolute atomic E-state index is 0.164. The maximum atomic E-state index is 13.0. The van der Waals surface area contributed by atoms with Gasteiger partial charge in [0.25, 0.3) is 0 Å². The van der Waals surface area contributed by atoms with E-state index in [1.165, 1.54) is 20.3 Å². The topological polar surface area (TPSA) is 18.5 Å². The molecule has 2 nitrogen and oxygen atoms in total. The molecular formula is C9H11FO2. The summed E-state index contributed by atoms with van der Waals surface area (Å²) < 4.78 is 22.8. The van der Waals surface area contributed by atoms with Crippen molar-refractivity contribution < 1.29 is 13.9 Å². The summed E-state index contributed by atoms with van der Waals surface area (Å²) in [6.45, 7) is 1.83. The average Bonchev–Trinajstić information content (AvgIpc) is 2.08. The second-order valence-corrected chi connectivity index (χ2v) is 2.43. The van der Waals surface area contributed by atoms with Crippen molar-refractivity contribution in [2.75, 3.05) is 14.2 Å². The van der Waals surface area contributed by atoms with Gasteiger partial charge in [-0.05, 0) is 18.6 Å². The molecule has 3 heteroatoms.